The second-order valence-corrected chi connectivity index (χ2v) is 5.41. The molecule has 1 aliphatic rings. The number of hydrogen-bond acceptors (Lipinski definition) is 2. The van der Waals surface area contributed by atoms with Crippen LogP contribution in [0.25, 0.3) is 0 Å². The molecule has 1 saturated carbocycles. The molecule has 0 amide bonds. The van der Waals surface area contributed by atoms with Gasteiger partial charge in [-0.3, -0.25) is 4.79 Å². The maximum absolute atomic E-state index is 12.1. The molecule has 2 nitrogen and oxygen atoms in total. The molecule has 1 fully saturated rings. The Kier molecular flexibility index (Phi) is 4.78. The number of Topliss-reactive ketones (excluding diaryl/α,β-unsaturated/α-hetero) is 1. The number of ketones is 1. The van der Waals surface area contributed by atoms with Crippen molar-refractivity contribution in [3.05, 3.63) is 0 Å². The average molecular weight is 211 g/mol. The van der Waals surface area contributed by atoms with Crippen molar-refractivity contribution < 1.29 is 4.79 Å². The molecule has 88 valence electrons. The highest BCUT2D eigenvalue weighted by atomic mass is 16.1. The van der Waals surface area contributed by atoms with E-state index in [0.717, 1.165) is 25.7 Å². The molecular formula is C13H25NO. The maximum Gasteiger partial charge on any atom is 0.152 e. The van der Waals surface area contributed by atoms with Crippen molar-refractivity contribution in [1.29, 1.82) is 0 Å². The SMILES string of the molecule is CCCC(N)C(=O)C1CC(C)CC(C)C1. The number of nitrogens with two attached hydrogens (primary N) is 1. The molecule has 0 aromatic heterocycles. The Morgan fingerprint density at radius 3 is 2.27 bits per heavy atom. The third-order valence-corrected chi connectivity index (χ3v) is 3.55. The first kappa shape index (κ1) is 12.7. The summed E-state index contributed by atoms with van der Waals surface area (Å²) in [6.07, 6.45) is 5.23. The summed E-state index contributed by atoms with van der Waals surface area (Å²) in [5.74, 6) is 1.94. The van der Waals surface area contributed by atoms with Crippen LogP contribution in [0, 0.1) is 17.8 Å². The van der Waals surface area contributed by atoms with Gasteiger partial charge in [-0.1, -0.05) is 27.2 Å². The summed E-state index contributed by atoms with van der Waals surface area (Å²) < 4.78 is 0. The lowest BCUT2D eigenvalue weighted by molar-refractivity contribution is -0.126. The van der Waals surface area contributed by atoms with Crippen LogP contribution in [0.2, 0.25) is 0 Å². The zero-order chi connectivity index (χ0) is 11.4. The summed E-state index contributed by atoms with van der Waals surface area (Å²) in [4.78, 5) is 12.1. The van der Waals surface area contributed by atoms with E-state index in [9.17, 15) is 4.79 Å². The summed E-state index contributed by atoms with van der Waals surface area (Å²) in [7, 11) is 0. The molecule has 0 heterocycles. The molecule has 0 aliphatic heterocycles. The van der Waals surface area contributed by atoms with Gasteiger partial charge in [-0.05, 0) is 37.5 Å². The van der Waals surface area contributed by atoms with Gasteiger partial charge in [0.05, 0.1) is 6.04 Å². The Balaban J connectivity index is 2.51. The predicted molar refractivity (Wildman–Crippen MR) is 63.6 cm³/mol. The van der Waals surface area contributed by atoms with E-state index in [-0.39, 0.29) is 12.0 Å². The van der Waals surface area contributed by atoms with Crippen LogP contribution in [0.5, 0.6) is 0 Å². The van der Waals surface area contributed by atoms with Gasteiger partial charge in [0.15, 0.2) is 5.78 Å². The van der Waals surface area contributed by atoms with Crippen molar-refractivity contribution in [2.24, 2.45) is 23.5 Å². The van der Waals surface area contributed by atoms with Gasteiger partial charge < -0.3 is 5.73 Å². The van der Waals surface area contributed by atoms with Gasteiger partial charge in [0.2, 0.25) is 0 Å². The highest BCUT2D eigenvalue weighted by molar-refractivity contribution is 5.86. The van der Waals surface area contributed by atoms with Crippen LogP contribution in [0.3, 0.4) is 0 Å². The van der Waals surface area contributed by atoms with Crippen LogP contribution in [0.15, 0.2) is 0 Å². The quantitative estimate of drug-likeness (QED) is 0.777. The number of carbonyl (C=O) groups excluding carboxylic acids is 1. The van der Waals surface area contributed by atoms with Crippen LogP contribution >= 0.6 is 0 Å². The summed E-state index contributed by atoms with van der Waals surface area (Å²) >= 11 is 0. The first-order valence-electron chi connectivity index (χ1n) is 6.33. The van der Waals surface area contributed by atoms with Crippen molar-refractivity contribution in [3.63, 3.8) is 0 Å². The minimum absolute atomic E-state index is 0.211. The van der Waals surface area contributed by atoms with E-state index < -0.39 is 0 Å². The normalized spacial score (nSPS) is 33.7. The molecule has 0 bridgehead atoms. The minimum atomic E-state index is -0.211. The fourth-order valence-electron chi connectivity index (χ4n) is 2.94. The van der Waals surface area contributed by atoms with E-state index in [1.54, 1.807) is 0 Å². The summed E-state index contributed by atoms with van der Waals surface area (Å²) in [5, 5.41) is 0. The first-order chi connectivity index (χ1) is 7.04. The molecule has 3 atom stereocenters. The zero-order valence-corrected chi connectivity index (χ0v) is 10.3. The smallest absolute Gasteiger partial charge is 0.152 e. The first-order valence-corrected chi connectivity index (χ1v) is 6.33. The van der Waals surface area contributed by atoms with Gasteiger partial charge in [0.1, 0.15) is 0 Å². The Bertz CT molecular complexity index is 205. The van der Waals surface area contributed by atoms with E-state index in [2.05, 4.69) is 20.8 Å². The van der Waals surface area contributed by atoms with E-state index in [1.165, 1.54) is 6.42 Å². The molecule has 15 heavy (non-hydrogen) atoms. The number of carbonyl (C=O) groups is 1. The Morgan fingerprint density at radius 2 is 1.80 bits per heavy atom. The monoisotopic (exact) mass is 211 g/mol. The van der Waals surface area contributed by atoms with Gasteiger partial charge in [0.25, 0.3) is 0 Å². The second-order valence-electron chi connectivity index (χ2n) is 5.41. The summed E-state index contributed by atoms with van der Waals surface area (Å²) in [6, 6.07) is -0.211. The number of rotatable bonds is 4. The summed E-state index contributed by atoms with van der Waals surface area (Å²) in [5.41, 5.74) is 5.90. The van der Waals surface area contributed by atoms with Gasteiger partial charge >= 0.3 is 0 Å². The molecule has 1 aliphatic carbocycles. The maximum atomic E-state index is 12.1. The molecule has 1 rings (SSSR count). The topological polar surface area (TPSA) is 43.1 Å². The van der Waals surface area contributed by atoms with E-state index in [1.807, 2.05) is 0 Å². The Morgan fingerprint density at radius 1 is 1.27 bits per heavy atom. The molecule has 0 radical (unpaired) electrons. The Labute approximate surface area is 93.6 Å². The average Bonchev–Trinajstić information content (AvgIpc) is 2.15. The van der Waals surface area contributed by atoms with Crippen molar-refractivity contribution >= 4 is 5.78 Å². The molecular weight excluding hydrogens is 186 g/mol. The minimum Gasteiger partial charge on any atom is -0.321 e. The van der Waals surface area contributed by atoms with Gasteiger partial charge in [0, 0.05) is 5.92 Å². The molecule has 0 saturated heterocycles. The van der Waals surface area contributed by atoms with Crippen molar-refractivity contribution in [3.8, 4) is 0 Å². The van der Waals surface area contributed by atoms with Crippen LogP contribution in [-0.2, 0) is 4.79 Å². The molecule has 0 spiro atoms. The number of hydrogen-bond donors (Lipinski definition) is 1. The zero-order valence-electron chi connectivity index (χ0n) is 10.3. The molecule has 3 unspecified atom stereocenters. The van der Waals surface area contributed by atoms with Gasteiger partial charge in [-0.25, -0.2) is 0 Å². The van der Waals surface area contributed by atoms with Crippen molar-refractivity contribution in [2.75, 3.05) is 0 Å². The molecule has 2 N–H and O–H groups in total. The van der Waals surface area contributed by atoms with Crippen LogP contribution in [0.1, 0.15) is 52.9 Å². The van der Waals surface area contributed by atoms with E-state index in [4.69, 9.17) is 5.73 Å². The third kappa shape index (κ3) is 3.60. The standard InChI is InChI=1S/C13H25NO/c1-4-5-12(14)13(15)11-7-9(2)6-10(3)8-11/h9-12H,4-8,14H2,1-3H3. The van der Waals surface area contributed by atoms with Crippen LogP contribution in [-0.4, -0.2) is 11.8 Å². The van der Waals surface area contributed by atoms with Gasteiger partial charge in [-0.15, -0.1) is 0 Å². The Hall–Kier alpha value is -0.370. The fourth-order valence-corrected chi connectivity index (χ4v) is 2.94. The molecule has 0 aromatic rings. The molecule has 0 aromatic carbocycles. The predicted octanol–water partition coefficient (Wildman–Crippen LogP) is 2.76. The highest BCUT2D eigenvalue weighted by Crippen LogP contribution is 2.33. The van der Waals surface area contributed by atoms with Crippen LogP contribution < -0.4 is 5.73 Å². The molecule has 2 heteroatoms. The second kappa shape index (κ2) is 5.64. The third-order valence-electron chi connectivity index (χ3n) is 3.55. The largest absolute Gasteiger partial charge is 0.321 e. The fraction of sp³-hybridized carbons (Fsp3) is 0.923. The lowest BCUT2D eigenvalue weighted by Gasteiger charge is -2.31. The lowest BCUT2D eigenvalue weighted by atomic mass is 9.73. The van der Waals surface area contributed by atoms with Crippen molar-refractivity contribution in [2.45, 2.75) is 58.9 Å². The summed E-state index contributed by atoms with van der Waals surface area (Å²) in [6.45, 7) is 6.59. The lowest BCUT2D eigenvalue weighted by Crippen LogP contribution is -2.38. The van der Waals surface area contributed by atoms with Crippen LogP contribution in [0.4, 0.5) is 0 Å². The van der Waals surface area contributed by atoms with Crippen molar-refractivity contribution in [1.82, 2.24) is 0 Å². The van der Waals surface area contributed by atoms with E-state index in [0.29, 0.717) is 17.6 Å². The van der Waals surface area contributed by atoms with E-state index >= 15 is 0 Å². The van der Waals surface area contributed by atoms with Gasteiger partial charge in [-0.2, -0.15) is 0 Å². The highest BCUT2D eigenvalue weighted by Gasteiger charge is 2.31.